The quantitative estimate of drug-likeness (QED) is 0.539. The number of phenols is 1. The molecule has 0 aromatic heterocycles. The van der Waals surface area contributed by atoms with E-state index >= 15 is 0 Å². The summed E-state index contributed by atoms with van der Waals surface area (Å²) in [5.41, 5.74) is 4.01. The molecule has 6 nitrogen and oxygen atoms in total. The predicted molar refractivity (Wildman–Crippen MR) is 130 cm³/mol. The molecule has 0 bridgehead atoms. The van der Waals surface area contributed by atoms with Crippen molar-refractivity contribution in [2.75, 3.05) is 13.7 Å². The maximum atomic E-state index is 13.6. The fourth-order valence-corrected chi connectivity index (χ4v) is 5.01. The van der Waals surface area contributed by atoms with Gasteiger partial charge in [0.05, 0.1) is 24.3 Å². The predicted octanol–water partition coefficient (Wildman–Crippen LogP) is 5.37. The van der Waals surface area contributed by atoms with Gasteiger partial charge in [0.15, 0.2) is 17.3 Å². The minimum atomic E-state index is -0.683. The average molecular weight is 482 g/mol. The molecule has 0 saturated heterocycles. The molecule has 4 rings (SSSR count). The van der Waals surface area contributed by atoms with Crippen molar-refractivity contribution in [2.45, 2.75) is 44.9 Å². The first kappa shape index (κ1) is 23.9. The Hall–Kier alpha value is -3.25. The van der Waals surface area contributed by atoms with Crippen molar-refractivity contribution in [3.63, 3.8) is 0 Å². The van der Waals surface area contributed by atoms with E-state index in [0.29, 0.717) is 41.7 Å². The van der Waals surface area contributed by atoms with Gasteiger partial charge in [-0.15, -0.1) is 0 Å². The Morgan fingerprint density at radius 3 is 2.59 bits per heavy atom. The number of dihydropyridines is 1. The van der Waals surface area contributed by atoms with Crippen molar-refractivity contribution >= 4 is 23.4 Å². The van der Waals surface area contributed by atoms with E-state index in [-0.39, 0.29) is 34.8 Å². The number of carbonyl (C=O) groups excluding carboxylic acids is 2. The Kier molecular flexibility index (Phi) is 6.98. The zero-order valence-corrected chi connectivity index (χ0v) is 20.2. The summed E-state index contributed by atoms with van der Waals surface area (Å²) in [7, 11) is 1.43. The summed E-state index contributed by atoms with van der Waals surface area (Å²) in [6.07, 6.45) is 1.65. The SMILES string of the molecule is CCCOC(=O)C1=C(C)NC2=C(C(=O)C[C@@H](c3ccccc3)C2)[C@H]1c1cc(Cl)c(O)c(OC)c1. The molecule has 0 spiro atoms. The highest BCUT2D eigenvalue weighted by atomic mass is 35.5. The van der Waals surface area contributed by atoms with E-state index in [9.17, 15) is 14.7 Å². The highest BCUT2D eigenvalue weighted by Crippen LogP contribution is 2.48. The number of methoxy groups -OCH3 is 1. The van der Waals surface area contributed by atoms with Crippen molar-refractivity contribution in [1.29, 1.82) is 0 Å². The van der Waals surface area contributed by atoms with Gasteiger partial charge in [-0.05, 0) is 48.9 Å². The molecule has 0 radical (unpaired) electrons. The van der Waals surface area contributed by atoms with Crippen LogP contribution < -0.4 is 10.1 Å². The molecule has 0 saturated carbocycles. The molecule has 2 N–H and O–H groups in total. The molecule has 178 valence electrons. The van der Waals surface area contributed by atoms with Gasteiger partial charge in [0, 0.05) is 29.3 Å². The van der Waals surface area contributed by atoms with Gasteiger partial charge < -0.3 is 19.9 Å². The zero-order valence-electron chi connectivity index (χ0n) is 19.5. The third-order valence-electron chi connectivity index (χ3n) is 6.36. The van der Waals surface area contributed by atoms with E-state index in [1.54, 1.807) is 12.1 Å². The zero-order chi connectivity index (χ0) is 24.4. The van der Waals surface area contributed by atoms with Crippen molar-refractivity contribution in [3.8, 4) is 11.5 Å². The number of allylic oxidation sites excluding steroid dienone is 3. The van der Waals surface area contributed by atoms with Gasteiger partial charge in [-0.2, -0.15) is 0 Å². The number of phenolic OH excluding ortho intramolecular Hbond substituents is 1. The standard InChI is InChI=1S/C27H28ClNO5/c1-4-10-34-27(32)23-15(2)29-20-12-17(16-8-6-5-7-9-16)13-21(30)25(20)24(23)18-11-19(28)26(31)22(14-18)33-3/h5-9,11,14,17,24,29,31H,4,10,12-13H2,1-3H3/t17-,24-/m0/s1. The first-order chi connectivity index (χ1) is 16.3. The van der Waals surface area contributed by atoms with Gasteiger partial charge in [-0.3, -0.25) is 4.79 Å². The normalized spacial score (nSPS) is 20.1. The molecule has 0 amide bonds. The van der Waals surface area contributed by atoms with E-state index in [0.717, 1.165) is 11.3 Å². The number of nitrogens with one attached hydrogen (secondary N) is 1. The maximum absolute atomic E-state index is 13.6. The monoisotopic (exact) mass is 481 g/mol. The van der Waals surface area contributed by atoms with Crippen LogP contribution in [0.4, 0.5) is 0 Å². The molecule has 1 aliphatic carbocycles. The molecule has 2 aromatic carbocycles. The molecule has 7 heteroatoms. The molecular weight excluding hydrogens is 454 g/mol. The van der Waals surface area contributed by atoms with Gasteiger partial charge in [0.1, 0.15) is 0 Å². The molecule has 0 unspecified atom stereocenters. The van der Waals surface area contributed by atoms with Crippen LogP contribution in [0.15, 0.2) is 65.0 Å². The number of ketones is 1. The topological polar surface area (TPSA) is 84.9 Å². The summed E-state index contributed by atoms with van der Waals surface area (Å²) in [6.45, 7) is 4.01. The smallest absolute Gasteiger partial charge is 0.336 e. The third kappa shape index (κ3) is 4.42. The summed E-state index contributed by atoms with van der Waals surface area (Å²) in [5, 5.41) is 13.7. The number of Topliss-reactive ketones (excluding diaryl/α,β-unsaturated/α-hetero) is 1. The van der Waals surface area contributed by atoms with Crippen LogP contribution in [0, 0.1) is 0 Å². The van der Waals surface area contributed by atoms with Gasteiger partial charge in [-0.25, -0.2) is 4.79 Å². The Labute approximate surface area is 204 Å². The first-order valence-electron chi connectivity index (χ1n) is 11.4. The minimum absolute atomic E-state index is 0.0379. The Morgan fingerprint density at radius 2 is 1.91 bits per heavy atom. The molecule has 0 fully saturated rings. The van der Waals surface area contributed by atoms with Crippen LogP contribution in [-0.4, -0.2) is 30.6 Å². The molecule has 2 atom stereocenters. The molecule has 1 aliphatic heterocycles. The molecule has 1 heterocycles. The van der Waals surface area contributed by atoms with Crippen molar-refractivity contribution < 1.29 is 24.2 Å². The van der Waals surface area contributed by atoms with Gasteiger partial charge in [-0.1, -0.05) is 48.9 Å². The van der Waals surface area contributed by atoms with Crippen molar-refractivity contribution in [3.05, 3.63) is 81.2 Å². The van der Waals surface area contributed by atoms with Crippen molar-refractivity contribution in [2.24, 2.45) is 0 Å². The fourth-order valence-electron chi connectivity index (χ4n) is 4.79. The van der Waals surface area contributed by atoms with Gasteiger partial charge in [0.25, 0.3) is 0 Å². The Morgan fingerprint density at radius 1 is 1.18 bits per heavy atom. The van der Waals surface area contributed by atoms with E-state index < -0.39 is 11.9 Å². The van der Waals surface area contributed by atoms with E-state index in [2.05, 4.69) is 5.32 Å². The van der Waals surface area contributed by atoms with Crippen molar-refractivity contribution in [1.82, 2.24) is 5.32 Å². The number of ether oxygens (including phenoxy) is 2. The highest BCUT2D eigenvalue weighted by Gasteiger charge is 2.41. The third-order valence-corrected chi connectivity index (χ3v) is 6.65. The van der Waals surface area contributed by atoms with Crippen LogP contribution >= 0.6 is 11.6 Å². The number of esters is 1. The number of halogens is 1. The summed E-state index contributed by atoms with van der Waals surface area (Å²) in [6, 6.07) is 13.2. The second-order valence-electron chi connectivity index (χ2n) is 8.62. The molecule has 2 aromatic rings. The first-order valence-corrected chi connectivity index (χ1v) is 11.8. The summed E-state index contributed by atoms with van der Waals surface area (Å²) in [5.74, 6) is -1.18. The van der Waals surface area contributed by atoms with E-state index in [4.69, 9.17) is 21.1 Å². The lowest BCUT2D eigenvalue weighted by molar-refractivity contribution is -0.139. The number of hydrogen-bond donors (Lipinski definition) is 2. The summed E-state index contributed by atoms with van der Waals surface area (Å²) in [4.78, 5) is 26.8. The van der Waals surface area contributed by atoms with E-state index in [1.165, 1.54) is 7.11 Å². The summed E-state index contributed by atoms with van der Waals surface area (Å²) >= 11 is 6.30. The fraction of sp³-hybridized carbons (Fsp3) is 0.333. The number of aromatic hydroxyl groups is 1. The van der Waals surface area contributed by atoms with Gasteiger partial charge >= 0.3 is 5.97 Å². The van der Waals surface area contributed by atoms with Crippen LogP contribution in [0.2, 0.25) is 5.02 Å². The molecule has 2 aliphatic rings. The highest BCUT2D eigenvalue weighted by molar-refractivity contribution is 6.32. The molecule has 34 heavy (non-hydrogen) atoms. The van der Waals surface area contributed by atoms with Gasteiger partial charge in [0.2, 0.25) is 0 Å². The van der Waals surface area contributed by atoms with Crippen LogP contribution in [0.1, 0.15) is 56.1 Å². The second-order valence-corrected chi connectivity index (χ2v) is 9.02. The second kappa shape index (κ2) is 9.94. The van der Waals surface area contributed by atoms with E-state index in [1.807, 2.05) is 44.2 Å². The lowest BCUT2D eigenvalue weighted by atomic mass is 9.71. The number of hydrogen-bond acceptors (Lipinski definition) is 6. The number of rotatable bonds is 6. The lowest BCUT2D eigenvalue weighted by Crippen LogP contribution is -2.36. The largest absolute Gasteiger partial charge is 0.503 e. The number of benzene rings is 2. The summed E-state index contributed by atoms with van der Waals surface area (Å²) < 4.78 is 10.8. The van der Waals surface area contributed by atoms with Crippen LogP contribution in [-0.2, 0) is 14.3 Å². The maximum Gasteiger partial charge on any atom is 0.336 e. The average Bonchev–Trinajstić information content (AvgIpc) is 2.83. The Balaban J connectivity index is 1.84. The molecular formula is C27H28ClNO5. The number of carbonyl (C=O) groups is 2. The van der Waals surface area contributed by atoms with Crippen LogP contribution in [0.3, 0.4) is 0 Å². The van der Waals surface area contributed by atoms with Crippen LogP contribution in [0.5, 0.6) is 11.5 Å². The minimum Gasteiger partial charge on any atom is -0.503 e. The lowest BCUT2D eigenvalue weighted by Gasteiger charge is -2.37. The van der Waals surface area contributed by atoms with Crippen LogP contribution in [0.25, 0.3) is 0 Å². The Bertz CT molecular complexity index is 1190.